The van der Waals surface area contributed by atoms with Gasteiger partial charge in [0.15, 0.2) is 0 Å². The van der Waals surface area contributed by atoms with Gasteiger partial charge in [-0.25, -0.2) is 0 Å². The van der Waals surface area contributed by atoms with E-state index >= 15 is 0 Å². The Morgan fingerprint density at radius 1 is 1.29 bits per heavy atom. The lowest BCUT2D eigenvalue weighted by atomic mass is 10.2. The van der Waals surface area contributed by atoms with E-state index in [1.54, 1.807) is 11.3 Å². The van der Waals surface area contributed by atoms with Gasteiger partial charge < -0.3 is 9.67 Å². The van der Waals surface area contributed by atoms with Gasteiger partial charge in [-0.2, -0.15) is 0 Å². The van der Waals surface area contributed by atoms with Crippen molar-refractivity contribution in [3.8, 4) is 0 Å². The average molecular weight is 244 g/mol. The third-order valence-electron chi connectivity index (χ3n) is 2.85. The average Bonchev–Trinajstić information content (AvgIpc) is 2.98. The number of aliphatic hydroxyl groups excluding tert-OH is 1. The summed E-state index contributed by atoms with van der Waals surface area (Å²) in [6.07, 6.45) is 3.91. The molecule has 86 valence electrons. The number of thiazole rings is 1. The number of rotatable bonds is 3. The van der Waals surface area contributed by atoms with Gasteiger partial charge in [-0.1, -0.05) is 18.2 Å². The van der Waals surface area contributed by atoms with Crippen molar-refractivity contribution in [1.29, 1.82) is 0 Å². The van der Waals surface area contributed by atoms with Gasteiger partial charge >= 0.3 is 0 Å². The number of hydrogen-bond donors (Lipinski definition) is 1. The smallest absolute Gasteiger partial charge is 0.0794 e. The molecular formula is C13H12N2OS. The maximum absolute atomic E-state index is 9.35. The molecule has 0 saturated heterocycles. The highest BCUT2D eigenvalue weighted by molar-refractivity contribution is 7.09. The first-order valence-corrected chi connectivity index (χ1v) is 6.31. The zero-order valence-corrected chi connectivity index (χ0v) is 10.0. The summed E-state index contributed by atoms with van der Waals surface area (Å²) in [5.74, 6) is 0. The van der Waals surface area contributed by atoms with Gasteiger partial charge in [-0.05, 0) is 6.07 Å². The molecule has 0 saturated carbocycles. The topological polar surface area (TPSA) is 38.0 Å². The molecule has 0 spiro atoms. The van der Waals surface area contributed by atoms with Gasteiger partial charge in [0.25, 0.3) is 0 Å². The standard InChI is InChI=1S/C13H12N2OS/c16-8-10-6-15(7-11-5-14-9-17-11)13-4-2-1-3-12(10)13/h1-6,9,16H,7-8H2. The van der Waals surface area contributed by atoms with Crippen LogP contribution in [-0.4, -0.2) is 14.7 Å². The Bertz CT molecular complexity index is 628. The molecule has 0 unspecified atom stereocenters. The van der Waals surface area contributed by atoms with Gasteiger partial charge in [0.1, 0.15) is 0 Å². The fraction of sp³-hybridized carbons (Fsp3) is 0.154. The SMILES string of the molecule is OCc1cn(Cc2cncs2)c2ccccc12. The lowest BCUT2D eigenvalue weighted by Crippen LogP contribution is -1.95. The van der Waals surface area contributed by atoms with E-state index in [1.165, 1.54) is 4.88 Å². The maximum atomic E-state index is 9.35. The van der Waals surface area contributed by atoms with Crippen LogP contribution in [0.4, 0.5) is 0 Å². The van der Waals surface area contributed by atoms with Crippen molar-refractivity contribution in [2.75, 3.05) is 0 Å². The molecule has 0 bridgehead atoms. The number of aliphatic hydroxyl groups is 1. The maximum Gasteiger partial charge on any atom is 0.0794 e. The van der Waals surface area contributed by atoms with Crippen LogP contribution in [0.2, 0.25) is 0 Å². The number of aromatic nitrogens is 2. The lowest BCUT2D eigenvalue weighted by Gasteiger charge is -2.01. The summed E-state index contributed by atoms with van der Waals surface area (Å²) in [7, 11) is 0. The molecule has 0 aliphatic heterocycles. The van der Waals surface area contributed by atoms with Gasteiger partial charge in [-0.3, -0.25) is 4.98 Å². The minimum absolute atomic E-state index is 0.0796. The summed E-state index contributed by atoms with van der Waals surface area (Å²) in [5.41, 5.74) is 3.98. The van der Waals surface area contributed by atoms with Crippen LogP contribution < -0.4 is 0 Å². The van der Waals surface area contributed by atoms with E-state index in [4.69, 9.17) is 0 Å². The van der Waals surface area contributed by atoms with E-state index in [1.807, 2.05) is 36.1 Å². The van der Waals surface area contributed by atoms with Crippen LogP contribution in [0, 0.1) is 0 Å². The van der Waals surface area contributed by atoms with Gasteiger partial charge in [0.2, 0.25) is 0 Å². The first-order chi connectivity index (χ1) is 8.38. The zero-order valence-electron chi connectivity index (χ0n) is 9.21. The van der Waals surface area contributed by atoms with E-state index in [0.29, 0.717) is 0 Å². The van der Waals surface area contributed by atoms with Gasteiger partial charge in [0, 0.05) is 33.7 Å². The van der Waals surface area contributed by atoms with E-state index in [0.717, 1.165) is 23.0 Å². The third-order valence-corrected chi connectivity index (χ3v) is 3.62. The van der Waals surface area contributed by atoms with Crippen molar-refractivity contribution in [2.45, 2.75) is 13.2 Å². The molecule has 0 fully saturated rings. The van der Waals surface area contributed by atoms with Crippen LogP contribution in [0.3, 0.4) is 0 Å². The minimum Gasteiger partial charge on any atom is -0.392 e. The first kappa shape index (κ1) is 10.5. The van der Waals surface area contributed by atoms with E-state index < -0.39 is 0 Å². The Morgan fingerprint density at radius 3 is 2.94 bits per heavy atom. The van der Waals surface area contributed by atoms with Crippen LogP contribution in [0.25, 0.3) is 10.9 Å². The molecule has 0 aliphatic carbocycles. The fourth-order valence-electron chi connectivity index (χ4n) is 2.07. The van der Waals surface area contributed by atoms with Crippen molar-refractivity contribution in [1.82, 2.24) is 9.55 Å². The molecule has 2 heterocycles. The van der Waals surface area contributed by atoms with Crippen LogP contribution in [-0.2, 0) is 13.2 Å². The Kier molecular flexibility index (Phi) is 2.66. The van der Waals surface area contributed by atoms with Crippen molar-refractivity contribution in [3.63, 3.8) is 0 Å². The van der Waals surface area contributed by atoms with Crippen molar-refractivity contribution < 1.29 is 5.11 Å². The molecule has 0 radical (unpaired) electrons. The molecular weight excluding hydrogens is 232 g/mol. The zero-order chi connectivity index (χ0) is 11.7. The fourth-order valence-corrected chi connectivity index (χ4v) is 2.66. The van der Waals surface area contributed by atoms with E-state index in [-0.39, 0.29) is 6.61 Å². The van der Waals surface area contributed by atoms with Crippen LogP contribution in [0.15, 0.2) is 42.2 Å². The molecule has 17 heavy (non-hydrogen) atoms. The Balaban J connectivity index is 2.10. The largest absolute Gasteiger partial charge is 0.392 e. The molecule has 1 aromatic carbocycles. The van der Waals surface area contributed by atoms with Crippen LogP contribution in [0.1, 0.15) is 10.4 Å². The number of fused-ring (bicyclic) bond motifs is 1. The van der Waals surface area contributed by atoms with Crippen molar-refractivity contribution in [3.05, 3.63) is 52.6 Å². The van der Waals surface area contributed by atoms with Crippen molar-refractivity contribution in [2.24, 2.45) is 0 Å². The van der Waals surface area contributed by atoms with E-state index in [2.05, 4.69) is 15.6 Å². The predicted octanol–water partition coefficient (Wildman–Crippen LogP) is 2.64. The minimum atomic E-state index is 0.0796. The Hall–Kier alpha value is -1.65. The summed E-state index contributed by atoms with van der Waals surface area (Å²) in [5, 5.41) is 10.5. The Labute approximate surface area is 103 Å². The normalized spacial score (nSPS) is 11.1. The highest BCUT2D eigenvalue weighted by Gasteiger charge is 2.07. The summed E-state index contributed by atoms with van der Waals surface area (Å²) in [4.78, 5) is 5.30. The summed E-state index contributed by atoms with van der Waals surface area (Å²) >= 11 is 1.65. The summed E-state index contributed by atoms with van der Waals surface area (Å²) in [6.45, 7) is 0.890. The number of nitrogens with zero attached hydrogens (tertiary/aromatic N) is 2. The molecule has 2 aromatic heterocycles. The predicted molar refractivity (Wildman–Crippen MR) is 69.1 cm³/mol. The molecule has 4 heteroatoms. The highest BCUT2D eigenvalue weighted by atomic mass is 32.1. The summed E-state index contributed by atoms with van der Waals surface area (Å²) in [6, 6.07) is 8.14. The molecule has 1 N–H and O–H groups in total. The number of benzene rings is 1. The number of hydrogen-bond acceptors (Lipinski definition) is 3. The highest BCUT2D eigenvalue weighted by Crippen LogP contribution is 2.22. The quantitative estimate of drug-likeness (QED) is 0.769. The first-order valence-electron chi connectivity index (χ1n) is 5.43. The Morgan fingerprint density at radius 2 is 2.18 bits per heavy atom. The van der Waals surface area contributed by atoms with Gasteiger partial charge in [-0.15, -0.1) is 11.3 Å². The van der Waals surface area contributed by atoms with E-state index in [9.17, 15) is 5.11 Å². The molecule has 0 amide bonds. The van der Waals surface area contributed by atoms with Gasteiger partial charge in [0.05, 0.1) is 18.7 Å². The van der Waals surface area contributed by atoms with Crippen LogP contribution >= 0.6 is 11.3 Å². The number of para-hydroxylation sites is 1. The molecule has 3 aromatic rings. The molecule has 0 atom stereocenters. The monoisotopic (exact) mass is 244 g/mol. The third kappa shape index (κ3) is 1.85. The molecule has 3 nitrogen and oxygen atoms in total. The lowest BCUT2D eigenvalue weighted by molar-refractivity contribution is 0.283. The van der Waals surface area contributed by atoms with Crippen LogP contribution in [0.5, 0.6) is 0 Å². The second-order valence-corrected chi connectivity index (χ2v) is 4.90. The molecule has 0 aliphatic rings. The molecule has 3 rings (SSSR count). The van der Waals surface area contributed by atoms with Crippen molar-refractivity contribution >= 4 is 22.2 Å². The summed E-state index contributed by atoms with van der Waals surface area (Å²) < 4.78 is 2.16. The second-order valence-electron chi connectivity index (χ2n) is 3.93. The second kappa shape index (κ2) is 4.31.